The zero-order valence-corrected chi connectivity index (χ0v) is 11.2. The Kier molecular flexibility index (Phi) is 5.16. The first kappa shape index (κ1) is 14.5. The van der Waals surface area contributed by atoms with Gasteiger partial charge >= 0.3 is 5.97 Å². The smallest absolute Gasteiger partial charge is 0.326 e. The highest BCUT2D eigenvalue weighted by molar-refractivity contribution is 5.79. The molecule has 1 unspecified atom stereocenters. The van der Waals surface area contributed by atoms with E-state index in [1.54, 1.807) is 14.0 Å². The standard InChI is InChI=1S/C14H21NO3/c1-4-9-14(2,15)13(16)18-10-11-5-7-12(17-3)8-6-11/h5-8H,4,9-10,15H2,1-3H3. The van der Waals surface area contributed by atoms with E-state index in [0.29, 0.717) is 6.42 Å². The molecule has 1 aromatic rings. The van der Waals surface area contributed by atoms with Crippen molar-refractivity contribution in [1.82, 2.24) is 0 Å². The third kappa shape index (κ3) is 4.04. The van der Waals surface area contributed by atoms with E-state index in [1.807, 2.05) is 31.2 Å². The second kappa shape index (κ2) is 6.40. The maximum atomic E-state index is 11.8. The maximum Gasteiger partial charge on any atom is 0.326 e. The summed E-state index contributed by atoms with van der Waals surface area (Å²) < 4.78 is 10.3. The van der Waals surface area contributed by atoms with Crippen LogP contribution in [0.5, 0.6) is 5.75 Å². The maximum absolute atomic E-state index is 11.8. The molecule has 0 spiro atoms. The van der Waals surface area contributed by atoms with E-state index in [-0.39, 0.29) is 12.6 Å². The fraction of sp³-hybridized carbons (Fsp3) is 0.500. The van der Waals surface area contributed by atoms with Crippen LogP contribution in [-0.4, -0.2) is 18.6 Å². The summed E-state index contributed by atoms with van der Waals surface area (Å²) in [5, 5.41) is 0. The van der Waals surface area contributed by atoms with Gasteiger partial charge in [0, 0.05) is 0 Å². The molecule has 0 fully saturated rings. The van der Waals surface area contributed by atoms with E-state index < -0.39 is 5.54 Å². The number of esters is 1. The van der Waals surface area contributed by atoms with Gasteiger partial charge in [0.15, 0.2) is 0 Å². The van der Waals surface area contributed by atoms with E-state index >= 15 is 0 Å². The first-order chi connectivity index (χ1) is 8.49. The van der Waals surface area contributed by atoms with Gasteiger partial charge in [-0.05, 0) is 31.0 Å². The van der Waals surface area contributed by atoms with Crippen LogP contribution in [-0.2, 0) is 16.1 Å². The van der Waals surface area contributed by atoms with E-state index in [9.17, 15) is 4.79 Å². The molecule has 0 saturated carbocycles. The van der Waals surface area contributed by atoms with Gasteiger partial charge in [0.2, 0.25) is 0 Å². The highest BCUT2D eigenvalue weighted by Gasteiger charge is 2.28. The van der Waals surface area contributed by atoms with Crippen LogP contribution in [0.25, 0.3) is 0 Å². The molecule has 0 aliphatic heterocycles. The number of hydrogen-bond donors (Lipinski definition) is 1. The zero-order valence-electron chi connectivity index (χ0n) is 11.2. The number of carbonyl (C=O) groups excluding carboxylic acids is 1. The number of nitrogens with two attached hydrogens (primary N) is 1. The van der Waals surface area contributed by atoms with Crippen molar-refractivity contribution in [1.29, 1.82) is 0 Å². The van der Waals surface area contributed by atoms with Crippen molar-refractivity contribution in [2.45, 2.75) is 38.8 Å². The van der Waals surface area contributed by atoms with Crippen molar-refractivity contribution in [3.05, 3.63) is 29.8 Å². The molecule has 0 bridgehead atoms. The SMILES string of the molecule is CCCC(C)(N)C(=O)OCc1ccc(OC)cc1. The Morgan fingerprint density at radius 1 is 1.33 bits per heavy atom. The highest BCUT2D eigenvalue weighted by atomic mass is 16.5. The van der Waals surface area contributed by atoms with Gasteiger partial charge in [-0.2, -0.15) is 0 Å². The second-order valence-electron chi connectivity index (χ2n) is 4.59. The minimum Gasteiger partial charge on any atom is -0.497 e. The molecule has 0 aliphatic rings. The molecule has 0 aliphatic carbocycles. The minimum absolute atomic E-state index is 0.235. The summed E-state index contributed by atoms with van der Waals surface area (Å²) in [6, 6.07) is 7.38. The largest absolute Gasteiger partial charge is 0.497 e. The van der Waals surface area contributed by atoms with Crippen molar-refractivity contribution < 1.29 is 14.3 Å². The lowest BCUT2D eigenvalue weighted by Crippen LogP contribution is -2.45. The van der Waals surface area contributed by atoms with Gasteiger partial charge in [0.05, 0.1) is 7.11 Å². The van der Waals surface area contributed by atoms with Crippen molar-refractivity contribution in [3.63, 3.8) is 0 Å². The van der Waals surface area contributed by atoms with Gasteiger partial charge in [-0.1, -0.05) is 25.5 Å². The number of methoxy groups -OCH3 is 1. The molecule has 1 rings (SSSR count). The summed E-state index contributed by atoms with van der Waals surface area (Å²) in [7, 11) is 1.61. The molecule has 2 N–H and O–H groups in total. The molecular weight excluding hydrogens is 230 g/mol. The second-order valence-corrected chi connectivity index (χ2v) is 4.59. The highest BCUT2D eigenvalue weighted by Crippen LogP contribution is 2.15. The number of benzene rings is 1. The molecule has 100 valence electrons. The Balaban J connectivity index is 2.51. The predicted molar refractivity (Wildman–Crippen MR) is 70.3 cm³/mol. The first-order valence-corrected chi connectivity index (χ1v) is 6.08. The van der Waals surface area contributed by atoms with E-state index in [4.69, 9.17) is 15.2 Å². The van der Waals surface area contributed by atoms with Crippen molar-refractivity contribution in [2.75, 3.05) is 7.11 Å². The lowest BCUT2D eigenvalue weighted by molar-refractivity contribution is -0.151. The lowest BCUT2D eigenvalue weighted by Gasteiger charge is -2.21. The van der Waals surface area contributed by atoms with E-state index in [0.717, 1.165) is 17.7 Å². The van der Waals surface area contributed by atoms with Crippen molar-refractivity contribution in [2.24, 2.45) is 5.73 Å². The molecule has 18 heavy (non-hydrogen) atoms. The molecule has 0 heterocycles. The zero-order chi connectivity index (χ0) is 13.6. The van der Waals surface area contributed by atoms with Crippen LogP contribution in [0.3, 0.4) is 0 Å². The van der Waals surface area contributed by atoms with Crippen LogP contribution in [0.1, 0.15) is 32.3 Å². The van der Waals surface area contributed by atoms with Gasteiger partial charge in [0.1, 0.15) is 17.9 Å². The minimum atomic E-state index is -0.902. The molecule has 0 amide bonds. The summed E-state index contributed by atoms with van der Waals surface area (Å²) in [5.74, 6) is 0.417. The predicted octanol–water partition coefficient (Wildman–Crippen LogP) is 2.26. The Morgan fingerprint density at radius 2 is 1.94 bits per heavy atom. The summed E-state index contributed by atoms with van der Waals surface area (Å²) in [5.41, 5.74) is 5.90. The average molecular weight is 251 g/mol. The Hall–Kier alpha value is -1.55. The summed E-state index contributed by atoms with van der Waals surface area (Å²) >= 11 is 0. The summed E-state index contributed by atoms with van der Waals surface area (Å²) in [4.78, 5) is 11.8. The average Bonchev–Trinajstić information content (AvgIpc) is 2.36. The van der Waals surface area contributed by atoms with Crippen molar-refractivity contribution >= 4 is 5.97 Å². The molecule has 1 aromatic carbocycles. The fourth-order valence-corrected chi connectivity index (χ4v) is 1.66. The van der Waals surface area contributed by atoms with Gasteiger partial charge in [-0.3, -0.25) is 4.79 Å². The van der Waals surface area contributed by atoms with Gasteiger partial charge < -0.3 is 15.2 Å². The van der Waals surface area contributed by atoms with Crippen LogP contribution in [0.15, 0.2) is 24.3 Å². The summed E-state index contributed by atoms with van der Waals surface area (Å²) in [6.45, 7) is 3.92. The Morgan fingerprint density at radius 3 is 2.44 bits per heavy atom. The Labute approximate surface area is 108 Å². The third-order valence-corrected chi connectivity index (χ3v) is 2.76. The number of ether oxygens (including phenoxy) is 2. The molecule has 4 heteroatoms. The molecule has 0 aromatic heterocycles. The first-order valence-electron chi connectivity index (χ1n) is 6.08. The molecule has 0 radical (unpaired) electrons. The van der Waals surface area contributed by atoms with Crippen LogP contribution in [0, 0.1) is 0 Å². The monoisotopic (exact) mass is 251 g/mol. The fourth-order valence-electron chi connectivity index (χ4n) is 1.66. The van der Waals surface area contributed by atoms with Crippen LogP contribution >= 0.6 is 0 Å². The third-order valence-electron chi connectivity index (χ3n) is 2.76. The summed E-state index contributed by atoms with van der Waals surface area (Å²) in [6.07, 6.45) is 1.47. The lowest BCUT2D eigenvalue weighted by atomic mass is 9.98. The van der Waals surface area contributed by atoms with Crippen LogP contribution in [0.2, 0.25) is 0 Å². The molecule has 0 saturated heterocycles. The van der Waals surface area contributed by atoms with E-state index in [1.165, 1.54) is 0 Å². The molecular formula is C14H21NO3. The Bertz CT molecular complexity index is 385. The number of hydrogen-bond acceptors (Lipinski definition) is 4. The number of rotatable bonds is 6. The number of carbonyl (C=O) groups is 1. The molecule has 4 nitrogen and oxygen atoms in total. The topological polar surface area (TPSA) is 61.6 Å². The van der Waals surface area contributed by atoms with Gasteiger partial charge in [-0.25, -0.2) is 0 Å². The van der Waals surface area contributed by atoms with Gasteiger partial charge in [0.25, 0.3) is 0 Å². The van der Waals surface area contributed by atoms with Crippen LogP contribution < -0.4 is 10.5 Å². The normalized spacial score (nSPS) is 13.8. The van der Waals surface area contributed by atoms with Gasteiger partial charge in [-0.15, -0.1) is 0 Å². The van der Waals surface area contributed by atoms with Crippen molar-refractivity contribution in [3.8, 4) is 5.75 Å². The quantitative estimate of drug-likeness (QED) is 0.788. The van der Waals surface area contributed by atoms with Crippen LogP contribution in [0.4, 0.5) is 0 Å². The van der Waals surface area contributed by atoms with E-state index in [2.05, 4.69) is 0 Å². The molecule has 1 atom stereocenters.